The van der Waals surface area contributed by atoms with Crippen LogP contribution in [0.5, 0.6) is 0 Å². The summed E-state index contributed by atoms with van der Waals surface area (Å²) in [5.74, 6) is 0.953. The SMILES string of the molecule is C[C@H]1CNCCN1Cc1ccno1. The molecule has 0 saturated carbocycles. The fraction of sp³-hybridized carbons (Fsp3) is 0.667. The van der Waals surface area contributed by atoms with Gasteiger partial charge in [0.25, 0.3) is 0 Å². The van der Waals surface area contributed by atoms with Crippen LogP contribution in [-0.4, -0.2) is 35.7 Å². The Kier molecular flexibility index (Phi) is 2.61. The second-order valence-corrected chi connectivity index (χ2v) is 3.50. The van der Waals surface area contributed by atoms with Crippen molar-refractivity contribution in [2.45, 2.75) is 19.5 Å². The van der Waals surface area contributed by atoms with Gasteiger partial charge in [0.15, 0.2) is 5.76 Å². The molecule has 0 spiro atoms. The maximum atomic E-state index is 5.07. The Morgan fingerprint density at radius 3 is 3.38 bits per heavy atom. The van der Waals surface area contributed by atoms with E-state index in [2.05, 4.69) is 22.3 Å². The lowest BCUT2D eigenvalue weighted by atomic mass is 10.2. The Bertz CT molecular complexity index is 247. The van der Waals surface area contributed by atoms with Crippen LogP contribution >= 0.6 is 0 Å². The molecular weight excluding hydrogens is 166 g/mol. The number of hydrogen-bond donors (Lipinski definition) is 1. The van der Waals surface area contributed by atoms with Gasteiger partial charge in [-0.2, -0.15) is 0 Å². The fourth-order valence-electron chi connectivity index (χ4n) is 1.64. The first kappa shape index (κ1) is 8.72. The standard InChI is InChI=1S/C9H15N3O/c1-8-6-10-4-5-12(8)7-9-2-3-11-13-9/h2-3,8,10H,4-7H2,1H3/t8-/m0/s1. The van der Waals surface area contributed by atoms with Crippen molar-refractivity contribution >= 4 is 0 Å². The lowest BCUT2D eigenvalue weighted by Gasteiger charge is -2.32. The quantitative estimate of drug-likeness (QED) is 0.720. The first-order valence-corrected chi connectivity index (χ1v) is 4.70. The maximum Gasteiger partial charge on any atom is 0.150 e. The topological polar surface area (TPSA) is 41.3 Å². The van der Waals surface area contributed by atoms with Crippen molar-refractivity contribution < 1.29 is 4.52 Å². The minimum absolute atomic E-state index is 0.582. The van der Waals surface area contributed by atoms with E-state index in [1.54, 1.807) is 6.20 Å². The molecule has 1 N–H and O–H groups in total. The second-order valence-electron chi connectivity index (χ2n) is 3.50. The van der Waals surface area contributed by atoms with Gasteiger partial charge in [-0.15, -0.1) is 0 Å². The molecule has 4 heteroatoms. The lowest BCUT2D eigenvalue weighted by molar-refractivity contribution is 0.149. The molecule has 1 saturated heterocycles. The summed E-state index contributed by atoms with van der Waals surface area (Å²) in [4.78, 5) is 2.40. The molecule has 0 amide bonds. The summed E-state index contributed by atoms with van der Waals surface area (Å²) in [6.45, 7) is 6.32. The van der Waals surface area contributed by atoms with E-state index < -0.39 is 0 Å². The van der Waals surface area contributed by atoms with E-state index in [1.807, 2.05) is 6.07 Å². The molecule has 4 nitrogen and oxygen atoms in total. The first-order chi connectivity index (χ1) is 6.36. The molecule has 0 radical (unpaired) electrons. The van der Waals surface area contributed by atoms with Gasteiger partial charge in [-0.3, -0.25) is 4.90 Å². The van der Waals surface area contributed by atoms with Crippen LogP contribution in [0.4, 0.5) is 0 Å². The normalized spacial score (nSPS) is 24.8. The Morgan fingerprint density at radius 1 is 1.77 bits per heavy atom. The third kappa shape index (κ3) is 2.08. The molecule has 1 atom stereocenters. The van der Waals surface area contributed by atoms with E-state index in [0.29, 0.717) is 6.04 Å². The molecule has 0 bridgehead atoms. The van der Waals surface area contributed by atoms with Gasteiger partial charge in [0.05, 0.1) is 12.7 Å². The Hall–Kier alpha value is -0.870. The molecule has 13 heavy (non-hydrogen) atoms. The number of piperazine rings is 1. The molecule has 0 aromatic carbocycles. The van der Waals surface area contributed by atoms with Gasteiger partial charge in [-0.25, -0.2) is 0 Å². The van der Waals surface area contributed by atoms with Crippen LogP contribution < -0.4 is 5.32 Å². The number of rotatable bonds is 2. The van der Waals surface area contributed by atoms with Crippen LogP contribution in [0.1, 0.15) is 12.7 Å². The summed E-state index contributed by atoms with van der Waals surface area (Å²) in [6, 6.07) is 2.51. The van der Waals surface area contributed by atoms with Crippen LogP contribution in [0, 0.1) is 0 Å². The fourth-order valence-corrected chi connectivity index (χ4v) is 1.64. The number of aromatic nitrogens is 1. The van der Waals surface area contributed by atoms with Gasteiger partial charge < -0.3 is 9.84 Å². The molecule has 2 rings (SSSR count). The highest BCUT2D eigenvalue weighted by atomic mass is 16.5. The molecule has 1 aliphatic rings. The molecule has 1 aliphatic heterocycles. The third-order valence-corrected chi connectivity index (χ3v) is 2.49. The van der Waals surface area contributed by atoms with Crippen LogP contribution in [-0.2, 0) is 6.54 Å². The van der Waals surface area contributed by atoms with E-state index in [-0.39, 0.29) is 0 Å². The average Bonchev–Trinajstić information content (AvgIpc) is 2.61. The highest BCUT2D eigenvalue weighted by Crippen LogP contribution is 2.08. The van der Waals surface area contributed by atoms with Gasteiger partial charge in [-0.05, 0) is 6.92 Å². The van der Waals surface area contributed by atoms with Crippen molar-refractivity contribution in [3.63, 3.8) is 0 Å². The molecule has 2 heterocycles. The number of nitrogens with one attached hydrogen (secondary N) is 1. The zero-order valence-corrected chi connectivity index (χ0v) is 7.86. The van der Waals surface area contributed by atoms with Gasteiger partial charge >= 0.3 is 0 Å². The minimum Gasteiger partial charge on any atom is -0.360 e. The summed E-state index contributed by atoms with van der Waals surface area (Å²) in [6.07, 6.45) is 1.70. The first-order valence-electron chi connectivity index (χ1n) is 4.70. The van der Waals surface area contributed by atoms with E-state index >= 15 is 0 Å². The van der Waals surface area contributed by atoms with Crippen molar-refractivity contribution in [2.75, 3.05) is 19.6 Å². The van der Waals surface area contributed by atoms with Gasteiger partial charge in [0.1, 0.15) is 0 Å². The summed E-state index contributed by atoms with van der Waals surface area (Å²) in [5.41, 5.74) is 0. The van der Waals surface area contributed by atoms with Gasteiger partial charge in [-0.1, -0.05) is 5.16 Å². The molecule has 0 unspecified atom stereocenters. The van der Waals surface area contributed by atoms with Crippen molar-refractivity contribution in [3.05, 3.63) is 18.0 Å². The molecule has 0 aliphatic carbocycles. The largest absolute Gasteiger partial charge is 0.360 e. The Labute approximate surface area is 77.9 Å². The summed E-state index contributed by atoms with van der Waals surface area (Å²) >= 11 is 0. The predicted octanol–water partition coefficient (Wildman–Crippen LogP) is 0.468. The average molecular weight is 181 g/mol. The lowest BCUT2D eigenvalue weighted by Crippen LogP contribution is -2.49. The van der Waals surface area contributed by atoms with E-state index in [1.165, 1.54) is 0 Å². The monoisotopic (exact) mass is 181 g/mol. The molecule has 72 valence electrons. The molecule has 1 aromatic heterocycles. The van der Waals surface area contributed by atoms with Crippen molar-refractivity contribution in [1.82, 2.24) is 15.4 Å². The van der Waals surface area contributed by atoms with Crippen LogP contribution in [0.3, 0.4) is 0 Å². The van der Waals surface area contributed by atoms with Crippen molar-refractivity contribution in [1.29, 1.82) is 0 Å². The second kappa shape index (κ2) is 3.89. The Morgan fingerprint density at radius 2 is 2.69 bits per heavy atom. The highest BCUT2D eigenvalue weighted by Gasteiger charge is 2.18. The zero-order valence-electron chi connectivity index (χ0n) is 7.86. The van der Waals surface area contributed by atoms with Gasteiger partial charge in [0, 0.05) is 31.7 Å². The Balaban J connectivity index is 1.93. The number of hydrogen-bond acceptors (Lipinski definition) is 4. The van der Waals surface area contributed by atoms with E-state index in [4.69, 9.17) is 4.52 Å². The zero-order chi connectivity index (χ0) is 9.10. The smallest absolute Gasteiger partial charge is 0.150 e. The highest BCUT2D eigenvalue weighted by molar-refractivity contribution is 4.94. The van der Waals surface area contributed by atoms with Crippen molar-refractivity contribution in [2.24, 2.45) is 0 Å². The molecule has 1 fully saturated rings. The van der Waals surface area contributed by atoms with Crippen LogP contribution in [0.25, 0.3) is 0 Å². The summed E-state index contributed by atoms with van der Waals surface area (Å²) < 4.78 is 5.07. The maximum absolute atomic E-state index is 5.07. The van der Waals surface area contributed by atoms with Crippen LogP contribution in [0.2, 0.25) is 0 Å². The van der Waals surface area contributed by atoms with Gasteiger partial charge in [0.2, 0.25) is 0 Å². The summed E-state index contributed by atoms with van der Waals surface area (Å²) in [5, 5.41) is 7.05. The predicted molar refractivity (Wildman–Crippen MR) is 49.2 cm³/mol. The molecule has 1 aromatic rings. The van der Waals surface area contributed by atoms with E-state index in [0.717, 1.165) is 31.9 Å². The molecular formula is C9H15N3O. The third-order valence-electron chi connectivity index (χ3n) is 2.49. The van der Waals surface area contributed by atoms with Crippen LogP contribution in [0.15, 0.2) is 16.8 Å². The minimum atomic E-state index is 0.582. The van der Waals surface area contributed by atoms with E-state index in [9.17, 15) is 0 Å². The summed E-state index contributed by atoms with van der Waals surface area (Å²) in [7, 11) is 0. The number of nitrogens with zero attached hydrogens (tertiary/aromatic N) is 2. The van der Waals surface area contributed by atoms with Crippen molar-refractivity contribution in [3.8, 4) is 0 Å².